The second kappa shape index (κ2) is 9.61. The van der Waals surface area contributed by atoms with Crippen LogP contribution in [0.15, 0.2) is 54.9 Å². The van der Waals surface area contributed by atoms with Crippen LogP contribution in [0.25, 0.3) is 11.3 Å². The second-order valence-corrected chi connectivity index (χ2v) is 7.69. The number of likely N-dealkylation sites (tertiary alicyclic amines) is 1. The number of rotatable bonds is 6. The molecule has 0 spiro atoms. The molecule has 1 saturated heterocycles. The lowest BCUT2D eigenvalue weighted by atomic mass is 10.1. The zero-order valence-electron chi connectivity index (χ0n) is 16.8. The number of nitrogens with one attached hydrogen (secondary N) is 2. The van der Waals surface area contributed by atoms with Crippen LogP contribution in [0, 0.1) is 0 Å². The third-order valence-electron chi connectivity index (χ3n) is 5.07. The van der Waals surface area contributed by atoms with E-state index in [1.54, 1.807) is 29.4 Å². The van der Waals surface area contributed by atoms with Gasteiger partial charge in [0.15, 0.2) is 5.69 Å². The van der Waals surface area contributed by atoms with Gasteiger partial charge in [0.1, 0.15) is 11.9 Å². The fraction of sp³-hybridized carbons (Fsp3) is 0.273. The van der Waals surface area contributed by atoms with Crippen LogP contribution in [0.4, 0.5) is 0 Å². The summed E-state index contributed by atoms with van der Waals surface area (Å²) in [6.45, 7) is 1.05. The highest BCUT2D eigenvalue weighted by atomic mass is 35.5. The molecule has 3 aromatic rings. The van der Waals surface area contributed by atoms with Gasteiger partial charge in [-0.25, -0.2) is 0 Å². The molecule has 0 aliphatic carbocycles. The standard InChI is InChI=1S/C22H22ClN5O3/c23-16-10-18(13-24-12-16)31-17-6-8-28(9-7-17)21(29)14-25-22(30)20-11-19(26-27-20)15-4-2-1-3-5-15/h1-5,10-13,17H,6-9,14H2,(H,25,30)(H,26,27). The van der Waals surface area contributed by atoms with E-state index in [-0.39, 0.29) is 24.2 Å². The SMILES string of the molecule is O=C(NCC(=O)N1CCC(Oc2cncc(Cl)c2)CC1)c1cc(-c2ccccc2)[nH]n1. The molecule has 2 aromatic heterocycles. The number of hydrogen-bond donors (Lipinski definition) is 2. The minimum Gasteiger partial charge on any atom is -0.489 e. The molecule has 1 aliphatic heterocycles. The van der Waals surface area contributed by atoms with Gasteiger partial charge < -0.3 is 15.0 Å². The molecule has 0 atom stereocenters. The van der Waals surface area contributed by atoms with Crippen molar-refractivity contribution in [2.24, 2.45) is 0 Å². The van der Waals surface area contributed by atoms with Crippen LogP contribution in [0.1, 0.15) is 23.3 Å². The Morgan fingerprint density at radius 2 is 1.94 bits per heavy atom. The number of hydrogen-bond acceptors (Lipinski definition) is 5. The molecule has 1 fully saturated rings. The summed E-state index contributed by atoms with van der Waals surface area (Å²) in [5, 5.41) is 10.1. The molecule has 2 N–H and O–H groups in total. The van der Waals surface area contributed by atoms with E-state index in [0.717, 1.165) is 11.3 Å². The van der Waals surface area contributed by atoms with Crippen molar-refractivity contribution in [3.05, 3.63) is 65.6 Å². The van der Waals surface area contributed by atoms with Crippen molar-refractivity contribution >= 4 is 23.4 Å². The predicted molar refractivity (Wildman–Crippen MR) is 116 cm³/mol. The summed E-state index contributed by atoms with van der Waals surface area (Å²) in [4.78, 5) is 30.6. The predicted octanol–water partition coefficient (Wildman–Crippen LogP) is 2.92. The molecule has 1 aliphatic rings. The van der Waals surface area contributed by atoms with Crippen molar-refractivity contribution in [2.75, 3.05) is 19.6 Å². The summed E-state index contributed by atoms with van der Waals surface area (Å²) in [5.74, 6) is 0.104. The number of benzene rings is 1. The van der Waals surface area contributed by atoms with Gasteiger partial charge in [-0.15, -0.1) is 0 Å². The number of aromatic nitrogens is 3. The summed E-state index contributed by atoms with van der Waals surface area (Å²) in [6.07, 6.45) is 4.57. The molecule has 3 heterocycles. The first-order chi connectivity index (χ1) is 15.1. The molecule has 160 valence electrons. The highest BCUT2D eigenvalue weighted by molar-refractivity contribution is 6.30. The molecule has 9 heteroatoms. The maximum Gasteiger partial charge on any atom is 0.272 e. The minimum atomic E-state index is -0.390. The highest BCUT2D eigenvalue weighted by Gasteiger charge is 2.24. The van der Waals surface area contributed by atoms with Gasteiger partial charge in [0.25, 0.3) is 5.91 Å². The van der Waals surface area contributed by atoms with Crippen molar-refractivity contribution in [3.8, 4) is 17.0 Å². The van der Waals surface area contributed by atoms with Gasteiger partial charge in [-0.2, -0.15) is 5.10 Å². The van der Waals surface area contributed by atoms with Gasteiger partial charge in [-0.1, -0.05) is 41.9 Å². The van der Waals surface area contributed by atoms with Crippen molar-refractivity contribution in [1.29, 1.82) is 0 Å². The number of H-pyrrole nitrogens is 1. The molecule has 1 aromatic carbocycles. The maximum absolute atomic E-state index is 12.5. The number of aromatic amines is 1. The molecule has 2 amide bonds. The van der Waals surface area contributed by atoms with Gasteiger partial charge in [0.2, 0.25) is 5.91 Å². The van der Waals surface area contributed by atoms with Crippen LogP contribution in [-0.2, 0) is 4.79 Å². The van der Waals surface area contributed by atoms with Gasteiger partial charge in [-0.3, -0.25) is 19.7 Å². The maximum atomic E-state index is 12.5. The Balaban J connectivity index is 1.23. The van der Waals surface area contributed by atoms with Crippen LogP contribution in [0.2, 0.25) is 5.02 Å². The van der Waals surface area contributed by atoms with E-state index < -0.39 is 5.91 Å². The number of nitrogens with zero attached hydrogens (tertiary/aromatic N) is 3. The van der Waals surface area contributed by atoms with Gasteiger partial charge in [-0.05, 0) is 11.6 Å². The Labute approximate surface area is 184 Å². The number of halogens is 1. The van der Waals surface area contributed by atoms with E-state index in [1.165, 1.54) is 0 Å². The Kier molecular flexibility index (Phi) is 6.47. The summed E-state index contributed by atoms with van der Waals surface area (Å²) in [5.41, 5.74) is 1.92. The van der Waals surface area contributed by atoms with Crippen LogP contribution in [0.3, 0.4) is 0 Å². The van der Waals surface area contributed by atoms with Gasteiger partial charge >= 0.3 is 0 Å². The van der Waals surface area contributed by atoms with Crippen LogP contribution < -0.4 is 10.1 Å². The Morgan fingerprint density at radius 1 is 1.16 bits per heavy atom. The Morgan fingerprint density at radius 3 is 2.68 bits per heavy atom. The molecule has 0 bridgehead atoms. The Bertz CT molecular complexity index is 1050. The Hall–Kier alpha value is -3.39. The first-order valence-electron chi connectivity index (χ1n) is 10.0. The smallest absolute Gasteiger partial charge is 0.272 e. The third kappa shape index (κ3) is 5.40. The molecule has 31 heavy (non-hydrogen) atoms. The number of carbonyl (C=O) groups excluding carboxylic acids is 2. The first kappa shape index (κ1) is 20.9. The number of piperidine rings is 1. The summed E-state index contributed by atoms with van der Waals surface area (Å²) in [7, 11) is 0. The lowest BCUT2D eigenvalue weighted by molar-refractivity contribution is -0.131. The number of pyridine rings is 1. The van der Waals surface area contributed by atoms with Crippen molar-refractivity contribution in [2.45, 2.75) is 18.9 Å². The van der Waals surface area contributed by atoms with Crippen molar-refractivity contribution in [1.82, 2.24) is 25.4 Å². The minimum absolute atomic E-state index is 0.000582. The van der Waals surface area contributed by atoms with Gasteiger partial charge in [0.05, 0.1) is 23.5 Å². The summed E-state index contributed by atoms with van der Waals surface area (Å²) < 4.78 is 5.89. The highest BCUT2D eigenvalue weighted by Crippen LogP contribution is 2.21. The zero-order chi connectivity index (χ0) is 21.6. The van der Waals surface area contributed by atoms with Crippen molar-refractivity contribution < 1.29 is 14.3 Å². The lowest BCUT2D eigenvalue weighted by Crippen LogP contribution is -2.46. The summed E-state index contributed by atoms with van der Waals surface area (Å²) in [6, 6.07) is 13.0. The number of amides is 2. The van der Waals surface area contributed by atoms with E-state index in [2.05, 4.69) is 20.5 Å². The fourth-order valence-corrected chi connectivity index (χ4v) is 3.60. The monoisotopic (exact) mass is 439 g/mol. The first-order valence-corrected chi connectivity index (χ1v) is 10.4. The fourth-order valence-electron chi connectivity index (χ4n) is 3.43. The second-order valence-electron chi connectivity index (χ2n) is 7.25. The average Bonchev–Trinajstić information content (AvgIpc) is 3.29. The van der Waals surface area contributed by atoms with E-state index in [0.29, 0.717) is 36.7 Å². The molecular weight excluding hydrogens is 418 g/mol. The number of ether oxygens (including phenoxy) is 1. The molecule has 8 nitrogen and oxygen atoms in total. The normalized spacial score (nSPS) is 14.3. The number of carbonyl (C=O) groups is 2. The molecule has 0 radical (unpaired) electrons. The van der Waals surface area contributed by atoms with E-state index in [9.17, 15) is 9.59 Å². The largest absolute Gasteiger partial charge is 0.489 e. The van der Waals surface area contributed by atoms with E-state index in [4.69, 9.17) is 16.3 Å². The topological polar surface area (TPSA) is 100 Å². The summed E-state index contributed by atoms with van der Waals surface area (Å²) >= 11 is 5.93. The van der Waals surface area contributed by atoms with E-state index >= 15 is 0 Å². The molecular formula is C22H22ClN5O3. The van der Waals surface area contributed by atoms with Crippen LogP contribution in [-0.4, -0.2) is 57.6 Å². The average molecular weight is 440 g/mol. The third-order valence-corrected chi connectivity index (χ3v) is 5.28. The van der Waals surface area contributed by atoms with E-state index in [1.807, 2.05) is 30.3 Å². The quantitative estimate of drug-likeness (QED) is 0.615. The van der Waals surface area contributed by atoms with Crippen LogP contribution in [0.5, 0.6) is 5.75 Å². The van der Waals surface area contributed by atoms with Crippen LogP contribution >= 0.6 is 11.6 Å². The molecule has 4 rings (SSSR count). The lowest BCUT2D eigenvalue weighted by Gasteiger charge is -2.32. The molecule has 0 unspecified atom stereocenters. The van der Waals surface area contributed by atoms with Crippen molar-refractivity contribution in [3.63, 3.8) is 0 Å². The zero-order valence-corrected chi connectivity index (χ0v) is 17.5. The molecule has 0 saturated carbocycles. The van der Waals surface area contributed by atoms with Gasteiger partial charge in [0, 0.05) is 38.2 Å².